The van der Waals surface area contributed by atoms with Gasteiger partial charge in [0.05, 0.1) is 40.2 Å². The largest absolute Gasteiger partial charge is 0.423 e. The first-order valence-electron chi connectivity index (χ1n) is 11.7. The Hall–Kier alpha value is -4.30. The smallest absolute Gasteiger partial charge is 0.380 e. The van der Waals surface area contributed by atoms with Crippen LogP contribution in [0, 0.1) is 5.82 Å². The summed E-state index contributed by atoms with van der Waals surface area (Å²) >= 11 is 0. The molecule has 1 unspecified atom stereocenters. The third kappa shape index (κ3) is 6.07. The zero-order chi connectivity index (χ0) is 28.3. The minimum absolute atomic E-state index is 0.0301. The predicted molar refractivity (Wildman–Crippen MR) is 129 cm³/mol. The Morgan fingerprint density at radius 2 is 1.79 bits per heavy atom. The molecule has 0 radical (unpaired) electrons. The van der Waals surface area contributed by atoms with Gasteiger partial charge in [0.1, 0.15) is 11.4 Å². The highest BCUT2D eigenvalue weighted by molar-refractivity contribution is 5.82. The number of rotatable bonds is 9. The Bertz CT molecular complexity index is 1590. The lowest BCUT2D eigenvalue weighted by atomic mass is 10.1. The number of benzene rings is 1. The van der Waals surface area contributed by atoms with E-state index in [1.165, 1.54) is 17.0 Å². The molecule has 206 valence electrons. The first-order valence-corrected chi connectivity index (χ1v) is 11.7. The summed E-state index contributed by atoms with van der Waals surface area (Å²) in [7, 11) is 0. The van der Waals surface area contributed by atoms with E-state index in [0.717, 1.165) is 24.7 Å². The van der Waals surface area contributed by atoms with Crippen LogP contribution < -0.4 is 16.4 Å². The summed E-state index contributed by atoms with van der Waals surface area (Å²) in [6.07, 6.45) is -2.63. The summed E-state index contributed by atoms with van der Waals surface area (Å²) in [5, 5.41) is 7.89. The van der Waals surface area contributed by atoms with Crippen molar-refractivity contribution in [1.82, 2.24) is 29.7 Å². The number of fused-ring (bicyclic) bond motifs is 1. The molecule has 0 saturated heterocycles. The van der Waals surface area contributed by atoms with Crippen molar-refractivity contribution >= 4 is 16.6 Å². The SMILES string of the molecule is CCC(CCCn1cnc2cc(-c3ncc(C(F)F)cn3)c(F)cc2c1=O)Nc1cn[nH]c(=O)c1C(F)(F)F. The molecule has 3 aromatic heterocycles. The average molecular weight is 553 g/mol. The van der Waals surface area contributed by atoms with Crippen LogP contribution in [0.3, 0.4) is 0 Å². The number of nitrogens with zero attached hydrogens (tertiary/aromatic N) is 5. The molecule has 1 atom stereocenters. The molecule has 4 rings (SSSR count). The lowest BCUT2D eigenvalue weighted by molar-refractivity contribution is -0.138. The molecule has 3 heterocycles. The molecule has 0 aliphatic rings. The van der Waals surface area contributed by atoms with Crippen LogP contribution in [0.1, 0.15) is 43.7 Å². The second kappa shape index (κ2) is 11.2. The number of aromatic amines is 1. The zero-order valence-corrected chi connectivity index (χ0v) is 20.3. The molecule has 4 aromatic rings. The van der Waals surface area contributed by atoms with Gasteiger partial charge < -0.3 is 5.32 Å². The normalized spacial score (nSPS) is 12.7. The van der Waals surface area contributed by atoms with Crippen LogP contribution in [0.25, 0.3) is 22.3 Å². The Morgan fingerprint density at radius 1 is 1.08 bits per heavy atom. The van der Waals surface area contributed by atoms with Gasteiger partial charge >= 0.3 is 6.18 Å². The highest BCUT2D eigenvalue weighted by atomic mass is 19.4. The maximum atomic E-state index is 14.8. The lowest BCUT2D eigenvalue weighted by Crippen LogP contribution is -2.28. The molecule has 0 bridgehead atoms. The van der Waals surface area contributed by atoms with Crippen molar-refractivity contribution in [2.45, 2.75) is 51.4 Å². The molecule has 0 saturated carbocycles. The van der Waals surface area contributed by atoms with Gasteiger partial charge in [-0.3, -0.25) is 14.2 Å². The van der Waals surface area contributed by atoms with Gasteiger partial charge in [-0.15, -0.1) is 0 Å². The van der Waals surface area contributed by atoms with Crippen LogP contribution in [0.5, 0.6) is 0 Å². The van der Waals surface area contributed by atoms with E-state index in [4.69, 9.17) is 0 Å². The van der Waals surface area contributed by atoms with E-state index in [9.17, 15) is 35.9 Å². The molecule has 0 aliphatic carbocycles. The third-order valence-corrected chi connectivity index (χ3v) is 6.02. The van der Waals surface area contributed by atoms with Gasteiger partial charge in [0.25, 0.3) is 17.5 Å². The number of halogens is 6. The van der Waals surface area contributed by atoms with Gasteiger partial charge in [-0.2, -0.15) is 18.3 Å². The van der Waals surface area contributed by atoms with Crippen molar-refractivity contribution in [2.24, 2.45) is 0 Å². The van der Waals surface area contributed by atoms with E-state index < -0.39 is 52.4 Å². The van der Waals surface area contributed by atoms with Gasteiger partial charge in [0.2, 0.25) is 0 Å². The molecule has 1 aromatic carbocycles. The lowest BCUT2D eigenvalue weighted by Gasteiger charge is -2.20. The number of anilines is 1. The molecular formula is C24H21F6N7O2. The number of hydrogen-bond donors (Lipinski definition) is 2. The fourth-order valence-corrected chi connectivity index (χ4v) is 3.99. The summed E-state index contributed by atoms with van der Waals surface area (Å²) < 4.78 is 81.5. The summed E-state index contributed by atoms with van der Waals surface area (Å²) in [4.78, 5) is 36.3. The van der Waals surface area contributed by atoms with Gasteiger partial charge in [0.15, 0.2) is 5.82 Å². The molecule has 15 heteroatoms. The highest BCUT2D eigenvalue weighted by Crippen LogP contribution is 2.32. The molecule has 0 amide bonds. The van der Waals surface area contributed by atoms with Crippen LogP contribution in [0.4, 0.5) is 32.0 Å². The predicted octanol–water partition coefficient (Wildman–Crippen LogP) is 4.70. The van der Waals surface area contributed by atoms with Crippen LogP contribution in [0.2, 0.25) is 0 Å². The van der Waals surface area contributed by atoms with Crippen LogP contribution >= 0.6 is 0 Å². The van der Waals surface area contributed by atoms with Crippen molar-refractivity contribution in [3.8, 4) is 11.4 Å². The molecular weight excluding hydrogens is 532 g/mol. The molecule has 39 heavy (non-hydrogen) atoms. The first kappa shape index (κ1) is 27.7. The van der Waals surface area contributed by atoms with Crippen LogP contribution in [-0.2, 0) is 12.7 Å². The van der Waals surface area contributed by atoms with E-state index in [1.54, 1.807) is 12.0 Å². The molecule has 0 spiro atoms. The average Bonchev–Trinajstić information content (AvgIpc) is 2.88. The minimum atomic E-state index is -4.88. The van der Waals surface area contributed by atoms with E-state index in [1.807, 2.05) is 0 Å². The summed E-state index contributed by atoms with van der Waals surface area (Å²) in [5.74, 6) is -0.988. The third-order valence-electron chi connectivity index (χ3n) is 6.02. The van der Waals surface area contributed by atoms with Crippen LogP contribution in [0.15, 0.2) is 46.6 Å². The Morgan fingerprint density at radius 3 is 2.44 bits per heavy atom. The molecule has 9 nitrogen and oxygen atoms in total. The van der Waals surface area contributed by atoms with Crippen LogP contribution in [-0.4, -0.2) is 35.8 Å². The molecule has 2 N–H and O–H groups in total. The Labute approximate surface area is 216 Å². The standard InChI is InChI=1S/C24H21F6N7O2/c1-2-13(35-18-10-34-36-22(38)19(18)24(28,29)30)4-3-5-37-11-33-17-7-14(16(25)6-15(17)23(37)39)21-31-8-12(9-32-21)20(26)27/h6-11,13,20H,2-5H2,1H3,(H2,35,36,38). The van der Waals surface area contributed by atoms with Crippen molar-refractivity contribution in [3.63, 3.8) is 0 Å². The van der Waals surface area contributed by atoms with Crippen molar-refractivity contribution in [1.29, 1.82) is 0 Å². The number of hydrogen-bond acceptors (Lipinski definition) is 7. The number of aromatic nitrogens is 6. The van der Waals surface area contributed by atoms with Gasteiger partial charge in [0, 0.05) is 25.0 Å². The van der Waals surface area contributed by atoms with Gasteiger partial charge in [-0.1, -0.05) is 6.92 Å². The van der Waals surface area contributed by atoms with Crippen molar-refractivity contribution in [3.05, 3.63) is 74.7 Å². The number of aryl methyl sites for hydroxylation is 1. The van der Waals surface area contributed by atoms with Gasteiger partial charge in [-0.25, -0.2) is 33.2 Å². The fraction of sp³-hybridized carbons (Fsp3) is 0.333. The number of alkyl halides is 5. The van der Waals surface area contributed by atoms with E-state index in [-0.39, 0.29) is 28.8 Å². The maximum Gasteiger partial charge on any atom is 0.423 e. The van der Waals surface area contributed by atoms with E-state index in [0.29, 0.717) is 19.3 Å². The summed E-state index contributed by atoms with van der Waals surface area (Å²) in [5.41, 5.74) is -4.11. The van der Waals surface area contributed by atoms with Crippen molar-refractivity contribution in [2.75, 3.05) is 5.32 Å². The van der Waals surface area contributed by atoms with E-state index in [2.05, 4.69) is 25.4 Å². The number of H-pyrrole nitrogens is 1. The Kier molecular flexibility index (Phi) is 7.97. The fourth-order valence-electron chi connectivity index (χ4n) is 3.99. The van der Waals surface area contributed by atoms with Gasteiger partial charge in [-0.05, 0) is 31.4 Å². The zero-order valence-electron chi connectivity index (χ0n) is 20.3. The highest BCUT2D eigenvalue weighted by Gasteiger charge is 2.37. The quantitative estimate of drug-likeness (QED) is 0.289. The second-order valence-corrected chi connectivity index (χ2v) is 8.61. The second-order valence-electron chi connectivity index (χ2n) is 8.61. The number of nitrogens with one attached hydrogen (secondary N) is 2. The maximum absolute atomic E-state index is 14.8. The monoisotopic (exact) mass is 553 g/mol. The summed E-state index contributed by atoms with van der Waals surface area (Å²) in [6, 6.07) is 1.75. The molecule has 0 aliphatic heterocycles. The first-order chi connectivity index (χ1) is 18.5. The molecule has 0 fully saturated rings. The Balaban J connectivity index is 1.49. The van der Waals surface area contributed by atoms with Crippen molar-refractivity contribution < 1.29 is 26.3 Å². The minimum Gasteiger partial charge on any atom is -0.380 e. The topological polar surface area (TPSA) is 118 Å². The summed E-state index contributed by atoms with van der Waals surface area (Å²) in [6.45, 7) is 1.89. The van der Waals surface area contributed by atoms with E-state index >= 15 is 0 Å².